The van der Waals surface area contributed by atoms with Crippen LogP contribution >= 0.6 is 0 Å². The highest BCUT2D eigenvalue weighted by Crippen LogP contribution is 2.06. The van der Waals surface area contributed by atoms with Crippen LogP contribution in [0.2, 0.25) is 0 Å². The molecule has 0 aromatic heterocycles. The van der Waals surface area contributed by atoms with Gasteiger partial charge in [-0.2, -0.15) is 0 Å². The fraction of sp³-hybridized carbons (Fsp3) is 0.737. The monoisotopic (exact) mass is 461 g/mol. The van der Waals surface area contributed by atoms with Gasteiger partial charge in [0.25, 0.3) is 0 Å². The van der Waals surface area contributed by atoms with Crippen molar-refractivity contribution in [3.63, 3.8) is 0 Å². The Hall–Kier alpha value is -2.77. The van der Waals surface area contributed by atoms with Gasteiger partial charge in [0.15, 0.2) is 6.04 Å². The molecule has 0 aliphatic carbocycles. The zero-order valence-electron chi connectivity index (χ0n) is 18.5. The van der Waals surface area contributed by atoms with E-state index < -0.39 is 66.4 Å². The van der Waals surface area contributed by atoms with Crippen LogP contribution in [-0.2, 0) is 24.0 Å². The molecule has 0 bridgehead atoms. The molecular formula is C19H35N5O8. The van der Waals surface area contributed by atoms with Gasteiger partial charge in [-0.05, 0) is 38.6 Å². The third-order valence-electron chi connectivity index (χ3n) is 4.66. The van der Waals surface area contributed by atoms with Gasteiger partial charge in [0, 0.05) is 0 Å². The largest absolute Gasteiger partial charge is 0.481 e. The molecule has 0 aromatic carbocycles. The van der Waals surface area contributed by atoms with E-state index in [2.05, 4.69) is 10.6 Å². The van der Waals surface area contributed by atoms with E-state index in [4.69, 9.17) is 21.7 Å². The Bertz CT molecular complexity index is 670. The number of aliphatic carboxylic acids is 2. The molecule has 184 valence electrons. The molecule has 0 spiro atoms. The van der Waals surface area contributed by atoms with E-state index in [1.807, 2.05) is 5.32 Å². The average molecular weight is 462 g/mol. The zero-order valence-corrected chi connectivity index (χ0v) is 18.5. The number of aliphatic hydroxyl groups is 1. The van der Waals surface area contributed by atoms with Crippen LogP contribution in [0.4, 0.5) is 0 Å². The van der Waals surface area contributed by atoms with E-state index in [9.17, 15) is 29.1 Å². The highest BCUT2D eigenvalue weighted by molar-refractivity contribution is 5.95. The number of carbonyl (C=O) groups excluding carboxylic acids is 3. The molecule has 13 nitrogen and oxygen atoms in total. The van der Waals surface area contributed by atoms with Crippen molar-refractivity contribution in [1.29, 1.82) is 0 Å². The number of hydrogen-bond donors (Lipinski definition) is 8. The van der Waals surface area contributed by atoms with Gasteiger partial charge in [-0.15, -0.1) is 0 Å². The molecule has 0 fully saturated rings. The number of rotatable bonds is 15. The van der Waals surface area contributed by atoms with E-state index in [0.29, 0.717) is 19.4 Å². The molecule has 0 saturated heterocycles. The summed E-state index contributed by atoms with van der Waals surface area (Å²) in [6.45, 7) is 4.93. The summed E-state index contributed by atoms with van der Waals surface area (Å²) < 4.78 is 0. The first-order valence-corrected chi connectivity index (χ1v) is 10.3. The summed E-state index contributed by atoms with van der Waals surface area (Å²) in [7, 11) is 0. The summed E-state index contributed by atoms with van der Waals surface area (Å²) in [5, 5.41) is 34.4. The summed E-state index contributed by atoms with van der Waals surface area (Å²) in [6, 6.07) is -5.36. The molecule has 5 unspecified atom stereocenters. The summed E-state index contributed by atoms with van der Waals surface area (Å²) in [5.74, 6) is -5.71. The number of aliphatic hydroxyl groups excluding tert-OH is 1. The number of carbonyl (C=O) groups is 5. The molecule has 13 heteroatoms. The maximum absolute atomic E-state index is 12.8. The standard InChI is InChI=1S/C19H35N5O8/c1-9(2)14(21)18(30)22-11(6-4-5-7-20)16(28)23-12(8-13(26)27)17(29)24-15(10(3)25)19(31)32/h9-12,14-15,25H,4-8,20-21H2,1-3H3,(H,22,30)(H,23,28)(H,24,29)(H,26,27)(H,31,32). The number of nitrogens with one attached hydrogen (secondary N) is 3. The van der Waals surface area contributed by atoms with E-state index in [1.54, 1.807) is 13.8 Å². The highest BCUT2D eigenvalue weighted by Gasteiger charge is 2.33. The topological polar surface area (TPSA) is 234 Å². The Morgan fingerprint density at radius 1 is 0.844 bits per heavy atom. The summed E-state index contributed by atoms with van der Waals surface area (Å²) in [6.07, 6.45) is -1.14. The lowest BCUT2D eigenvalue weighted by Gasteiger charge is -2.25. The smallest absolute Gasteiger partial charge is 0.328 e. The van der Waals surface area contributed by atoms with Crippen LogP contribution in [0.5, 0.6) is 0 Å². The van der Waals surface area contributed by atoms with Crippen molar-refractivity contribution in [2.24, 2.45) is 17.4 Å². The van der Waals surface area contributed by atoms with Gasteiger partial charge < -0.3 is 42.7 Å². The second kappa shape index (κ2) is 14.3. The third-order valence-corrected chi connectivity index (χ3v) is 4.66. The van der Waals surface area contributed by atoms with E-state index in [-0.39, 0.29) is 12.3 Å². The molecular weight excluding hydrogens is 426 g/mol. The van der Waals surface area contributed by atoms with Gasteiger partial charge in [-0.3, -0.25) is 19.2 Å². The maximum atomic E-state index is 12.8. The van der Waals surface area contributed by atoms with Gasteiger partial charge in [-0.1, -0.05) is 13.8 Å². The number of carboxylic acid groups (broad SMARTS) is 2. The van der Waals surface area contributed by atoms with Crippen molar-refractivity contribution in [3.05, 3.63) is 0 Å². The molecule has 0 saturated carbocycles. The predicted octanol–water partition coefficient (Wildman–Crippen LogP) is -2.51. The first-order valence-electron chi connectivity index (χ1n) is 10.3. The Kier molecular flexibility index (Phi) is 13.1. The van der Waals surface area contributed by atoms with Crippen molar-refractivity contribution in [2.45, 2.75) is 76.7 Å². The molecule has 5 atom stereocenters. The summed E-state index contributed by atoms with van der Waals surface area (Å²) >= 11 is 0. The summed E-state index contributed by atoms with van der Waals surface area (Å²) in [5.41, 5.74) is 11.3. The van der Waals surface area contributed by atoms with Crippen LogP contribution in [0, 0.1) is 5.92 Å². The third kappa shape index (κ3) is 10.5. The SMILES string of the molecule is CC(C)C(N)C(=O)NC(CCCCN)C(=O)NC(CC(=O)O)C(=O)NC(C(=O)O)C(C)O. The van der Waals surface area contributed by atoms with E-state index in [0.717, 1.165) is 6.92 Å². The van der Waals surface area contributed by atoms with Crippen molar-refractivity contribution in [2.75, 3.05) is 6.54 Å². The second-order valence-electron chi connectivity index (χ2n) is 7.84. The van der Waals surface area contributed by atoms with Crippen LogP contribution in [-0.4, -0.2) is 81.8 Å². The lowest BCUT2D eigenvalue weighted by atomic mass is 10.0. The average Bonchev–Trinajstić information content (AvgIpc) is 2.68. The number of unbranched alkanes of at least 4 members (excludes halogenated alkanes) is 1. The quantitative estimate of drug-likeness (QED) is 0.119. The molecule has 3 amide bonds. The van der Waals surface area contributed by atoms with Crippen LogP contribution in [0.3, 0.4) is 0 Å². The van der Waals surface area contributed by atoms with E-state index in [1.165, 1.54) is 0 Å². The van der Waals surface area contributed by atoms with E-state index >= 15 is 0 Å². The molecule has 0 heterocycles. The van der Waals surface area contributed by atoms with Crippen LogP contribution < -0.4 is 27.4 Å². The number of amides is 3. The van der Waals surface area contributed by atoms with Crippen LogP contribution in [0.15, 0.2) is 0 Å². The van der Waals surface area contributed by atoms with Gasteiger partial charge in [0.05, 0.1) is 18.6 Å². The minimum atomic E-state index is -1.71. The van der Waals surface area contributed by atoms with Gasteiger partial charge >= 0.3 is 11.9 Å². The zero-order chi connectivity index (χ0) is 25.0. The number of hydrogen-bond acceptors (Lipinski definition) is 8. The van der Waals surface area contributed by atoms with Crippen LogP contribution in [0.1, 0.15) is 46.5 Å². The van der Waals surface area contributed by atoms with Gasteiger partial charge in [-0.25, -0.2) is 4.79 Å². The fourth-order valence-electron chi connectivity index (χ4n) is 2.63. The van der Waals surface area contributed by atoms with Gasteiger partial charge in [0.1, 0.15) is 12.1 Å². The van der Waals surface area contributed by atoms with Crippen molar-refractivity contribution < 1.29 is 39.3 Å². The molecule has 0 aliphatic rings. The van der Waals surface area contributed by atoms with Gasteiger partial charge in [0.2, 0.25) is 17.7 Å². The minimum Gasteiger partial charge on any atom is -0.481 e. The molecule has 10 N–H and O–H groups in total. The first-order chi connectivity index (χ1) is 14.8. The first kappa shape index (κ1) is 29.2. The number of carboxylic acids is 2. The van der Waals surface area contributed by atoms with Crippen LogP contribution in [0.25, 0.3) is 0 Å². The normalized spacial score (nSPS) is 15.7. The minimum absolute atomic E-state index is 0.159. The Morgan fingerprint density at radius 2 is 1.38 bits per heavy atom. The molecule has 0 aliphatic heterocycles. The van der Waals surface area contributed by atoms with Crippen molar-refractivity contribution in [1.82, 2.24) is 16.0 Å². The molecule has 0 radical (unpaired) electrons. The molecule has 0 aromatic rings. The molecule has 0 rings (SSSR count). The maximum Gasteiger partial charge on any atom is 0.328 e. The lowest BCUT2D eigenvalue weighted by molar-refractivity contribution is -0.146. The molecule has 32 heavy (non-hydrogen) atoms. The Labute approximate surface area is 186 Å². The number of nitrogens with two attached hydrogens (primary N) is 2. The predicted molar refractivity (Wildman–Crippen MR) is 113 cm³/mol. The Morgan fingerprint density at radius 3 is 1.81 bits per heavy atom. The second-order valence-corrected chi connectivity index (χ2v) is 7.84. The Balaban J connectivity index is 5.52. The van der Waals surface area contributed by atoms with Crippen molar-refractivity contribution in [3.8, 4) is 0 Å². The summed E-state index contributed by atoms with van der Waals surface area (Å²) in [4.78, 5) is 59.9. The fourth-order valence-corrected chi connectivity index (χ4v) is 2.63. The lowest BCUT2D eigenvalue weighted by Crippen LogP contribution is -2.58. The van der Waals surface area contributed by atoms with Crippen molar-refractivity contribution >= 4 is 29.7 Å². The highest BCUT2D eigenvalue weighted by atomic mass is 16.4.